The summed E-state index contributed by atoms with van der Waals surface area (Å²) < 4.78 is 19.0. The van der Waals surface area contributed by atoms with E-state index in [4.69, 9.17) is 4.74 Å². The fourth-order valence-corrected chi connectivity index (χ4v) is 3.11. The highest BCUT2D eigenvalue weighted by Crippen LogP contribution is 2.35. The third-order valence-corrected chi connectivity index (χ3v) is 4.61. The van der Waals surface area contributed by atoms with Crippen LogP contribution in [0.3, 0.4) is 0 Å². The number of carboxylic acids is 1. The molecule has 0 aromatic heterocycles. The molecule has 1 aromatic rings. The van der Waals surface area contributed by atoms with Gasteiger partial charge in [0, 0.05) is 13.2 Å². The number of rotatable bonds is 7. The van der Waals surface area contributed by atoms with E-state index in [1.165, 1.54) is 12.1 Å². The third-order valence-electron chi connectivity index (χ3n) is 4.61. The fourth-order valence-electron chi connectivity index (χ4n) is 3.11. The van der Waals surface area contributed by atoms with Crippen LogP contribution in [0.25, 0.3) is 0 Å². The molecule has 1 saturated heterocycles. The molecule has 0 aliphatic carbocycles. The van der Waals surface area contributed by atoms with E-state index in [9.17, 15) is 19.1 Å². The van der Waals surface area contributed by atoms with Gasteiger partial charge in [-0.3, -0.25) is 4.79 Å². The summed E-state index contributed by atoms with van der Waals surface area (Å²) in [7, 11) is 0. The number of ether oxygens (including phenoxy) is 1. The molecule has 2 rings (SSSR count). The molecule has 1 atom stereocenters. The maximum atomic E-state index is 13.7. The number of nitrogens with one attached hydrogen (secondary N) is 1. The minimum atomic E-state index is -1.04. The molecule has 1 aliphatic rings. The molecule has 0 spiro atoms. The van der Waals surface area contributed by atoms with Gasteiger partial charge in [-0.15, -0.1) is 0 Å². The number of carbonyl (C=O) groups is 2. The lowest BCUT2D eigenvalue weighted by Crippen LogP contribution is -2.52. The van der Waals surface area contributed by atoms with Gasteiger partial charge in [0.15, 0.2) is 0 Å². The monoisotopic (exact) mass is 337 g/mol. The Balaban J connectivity index is 2.26. The van der Waals surface area contributed by atoms with Crippen molar-refractivity contribution in [3.63, 3.8) is 0 Å². The maximum absolute atomic E-state index is 13.7. The summed E-state index contributed by atoms with van der Waals surface area (Å²) in [5, 5.41) is 12.0. The van der Waals surface area contributed by atoms with Gasteiger partial charge < -0.3 is 15.2 Å². The van der Waals surface area contributed by atoms with E-state index in [-0.39, 0.29) is 5.91 Å². The molecule has 5 nitrogen and oxygen atoms in total. The SMILES string of the molecule is CCCCC(NC(=O)C1(c2cccc(F)c2)CCOCC1)C(=O)O. The minimum Gasteiger partial charge on any atom is -0.480 e. The van der Waals surface area contributed by atoms with Crippen molar-refractivity contribution >= 4 is 11.9 Å². The van der Waals surface area contributed by atoms with Gasteiger partial charge in [-0.25, -0.2) is 9.18 Å². The summed E-state index contributed by atoms with van der Waals surface area (Å²) in [6.07, 6.45) is 2.76. The Morgan fingerprint density at radius 2 is 2.08 bits per heavy atom. The van der Waals surface area contributed by atoms with Crippen LogP contribution in [0, 0.1) is 5.82 Å². The smallest absolute Gasteiger partial charge is 0.326 e. The molecule has 0 saturated carbocycles. The van der Waals surface area contributed by atoms with Crippen molar-refractivity contribution in [1.82, 2.24) is 5.32 Å². The lowest BCUT2D eigenvalue weighted by Gasteiger charge is -2.37. The molecule has 1 fully saturated rings. The number of halogens is 1. The Morgan fingerprint density at radius 3 is 2.67 bits per heavy atom. The van der Waals surface area contributed by atoms with E-state index in [1.54, 1.807) is 12.1 Å². The van der Waals surface area contributed by atoms with Gasteiger partial charge in [0.25, 0.3) is 0 Å². The molecule has 6 heteroatoms. The second kappa shape index (κ2) is 8.24. The lowest BCUT2D eigenvalue weighted by molar-refractivity contribution is -0.144. The van der Waals surface area contributed by atoms with E-state index in [2.05, 4.69) is 5.32 Å². The molecule has 132 valence electrons. The van der Waals surface area contributed by atoms with Crippen molar-refractivity contribution in [2.24, 2.45) is 0 Å². The van der Waals surface area contributed by atoms with E-state index in [0.29, 0.717) is 44.5 Å². The minimum absolute atomic E-state index is 0.361. The van der Waals surface area contributed by atoms with Gasteiger partial charge in [0.05, 0.1) is 5.41 Å². The molecule has 1 aromatic carbocycles. The average Bonchev–Trinajstić information content (AvgIpc) is 2.58. The van der Waals surface area contributed by atoms with Gasteiger partial charge in [-0.1, -0.05) is 31.9 Å². The summed E-state index contributed by atoms with van der Waals surface area (Å²) in [4.78, 5) is 24.4. The van der Waals surface area contributed by atoms with Crippen molar-refractivity contribution in [2.75, 3.05) is 13.2 Å². The maximum Gasteiger partial charge on any atom is 0.326 e. The van der Waals surface area contributed by atoms with Gasteiger partial charge >= 0.3 is 5.97 Å². The number of carboxylic acid groups (broad SMARTS) is 1. The van der Waals surface area contributed by atoms with Crippen LogP contribution in [0.2, 0.25) is 0 Å². The first kappa shape index (κ1) is 18.4. The van der Waals surface area contributed by atoms with E-state index in [1.807, 2.05) is 6.92 Å². The van der Waals surface area contributed by atoms with Crippen LogP contribution in [0.15, 0.2) is 24.3 Å². The van der Waals surface area contributed by atoms with Crippen LogP contribution in [0.1, 0.15) is 44.6 Å². The molecule has 1 aliphatic heterocycles. The summed E-state index contributed by atoms with van der Waals surface area (Å²) in [6, 6.07) is 5.05. The Hall–Kier alpha value is -1.95. The zero-order valence-electron chi connectivity index (χ0n) is 13.9. The molecule has 1 heterocycles. The summed E-state index contributed by atoms with van der Waals surface area (Å²) in [6.45, 7) is 2.74. The Labute approximate surface area is 141 Å². The molecule has 0 bridgehead atoms. The number of amides is 1. The van der Waals surface area contributed by atoms with E-state index in [0.717, 1.165) is 6.42 Å². The summed E-state index contributed by atoms with van der Waals surface area (Å²) in [5.41, 5.74) is -0.372. The highest BCUT2D eigenvalue weighted by atomic mass is 19.1. The summed E-state index contributed by atoms with van der Waals surface area (Å²) in [5.74, 6) is -1.81. The van der Waals surface area contributed by atoms with Crippen LogP contribution in [-0.2, 0) is 19.7 Å². The highest BCUT2D eigenvalue weighted by Gasteiger charge is 2.43. The quantitative estimate of drug-likeness (QED) is 0.802. The van der Waals surface area contributed by atoms with E-state index >= 15 is 0 Å². The Kier molecular flexibility index (Phi) is 6.31. The predicted molar refractivity (Wildman–Crippen MR) is 87.2 cm³/mol. The second-order valence-corrected chi connectivity index (χ2v) is 6.21. The van der Waals surface area contributed by atoms with Crippen molar-refractivity contribution < 1.29 is 23.8 Å². The topological polar surface area (TPSA) is 75.6 Å². The molecular weight excluding hydrogens is 313 g/mol. The van der Waals surface area contributed by atoms with Crippen molar-refractivity contribution in [1.29, 1.82) is 0 Å². The predicted octanol–water partition coefficient (Wildman–Crippen LogP) is 2.63. The number of hydrogen-bond donors (Lipinski definition) is 2. The molecule has 1 unspecified atom stereocenters. The zero-order chi connectivity index (χ0) is 17.6. The van der Waals surface area contributed by atoms with Crippen molar-refractivity contribution in [3.05, 3.63) is 35.6 Å². The van der Waals surface area contributed by atoms with Crippen LogP contribution >= 0.6 is 0 Å². The Bertz CT molecular complexity index is 584. The van der Waals surface area contributed by atoms with Crippen LogP contribution in [-0.4, -0.2) is 36.2 Å². The van der Waals surface area contributed by atoms with Gasteiger partial charge in [-0.2, -0.15) is 0 Å². The average molecular weight is 337 g/mol. The van der Waals surface area contributed by atoms with Crippen LogP contribution < -0.4 is 5.32 Å². The third kappa shape index (κ3) is 4.12. The lowest BCUT2D eigenvalue weighted by atomic mass is 9.73. The first-order valence-electron chi connectivity index (χ1n) is 8.37. The van der Waals surface area contributed by atoms with Crippen molar-refractivity contribution in [2.45, 2.75) is 50.5 Å². The van der Waals surface area contributed by atoms with Gasteiger partial charge in [-0.05, 0) is 37.0 Å². The Morgan fingerprint density at radius 1 is 1.38 bits per heavy atom. The number of hydrogen-bond acceptors (Lipinski definition) is 3. The summed E-state index contributed by atoms with van der Waals surface area (Å²) >= 11 is 0. The second-order valence-electron chi connectivity index (χ2n) is 6.21. The number of unbranched alkanes of at least 4 members (excludes halogenated alkanes) is 1. The highest BCUT2D eigenvalue weighted by molar-refractivity contribution is 5.91. The van der Waals surface area contributed by atoms with Gasteiger partial charge in [0.2, 0.25) is 5.91 Å². The van der Waals surface area contributed by atoms with E-state index < -0.39 is 23.2 Å². The fraction of sp³-hybridized carbons (Fsp3) is 0.556. The normalized spacial score (nSPS) is 17.9. The first-order valence-corrected chi connectivity index (χ1v) is 8.37. The van der Waals surface area contributed by atoms with Crippen molar-refractivity contribution in [3.8, 4) is 0 Å². The largest absolute Gasteiger partial charge is 0.480 e. The number of benzene rings is 1. The van der Waals surface area contributed by atoms with Gasteiger partial charge in [0.1, 0.15) is 11.9 Å². The number of aliphatic carboxylic acids is 1. The number of carbonyl (C=O) groups excluding carboxylic acids is 1. The molecular formula is C18H24FNO4. The molecule has 0 radical (unpaired) electrons. The van der Waals surface area contributed by atoms with Crippen LogP contribution in [0.4, 0.5) is 4.39 Å². The molecule has 1 amide bonds. The molecule has 24 heavy (non-hydrogen) atoms. The standard InChI is InChI=1S/C18H24FNO4/c1-2-3-7-15(16(21)22)20-17(23)18(8-10-24-11-9-18)13-5-4-6-14(19)12-13/h4-6,12,15H,2-3,7-11H2,1H3,(H,20,23)(H,21,22). The first-order chi connectivity index (χ1) is 11.5. The zero-order valence-corrected chi connectivity index (χ0v) is 13.9. The van der Waals surface area contributed by atoms with Crippen LogP contribution in [0.5, 0.6) is 0 Å². The molecule has 2 N–H and O–H groups in total.